The van der Waals surface area contributed by atoms with E-state index in [9.17, 15) is 4.79 Å². The Labute approximate surface area is 90.8 Å². The molecule has 2 rings (SSSR count). The van der Waals surface area contributed by atoms with E-state index in [4.69, 9.17) is 0 Å². The Kier molecular flexibility index (Phi) is 3.00. The Balaban J connectivity index is 2.16. The highest BCUT2D eigenvalue weighted by atomic mass is 16.1. The Morgan fingerprint density at radius 1 is 1.20 bits per heavy atom. The Morgan fingerprint density at radius 3 is 2.33 bits per heavy atom. The van der Waals surface area contributed by atoms with E-state index in [0.717, 1.165) is 11.5 Å². The van der Waals surface area contributed by atoms with Gasteiger partial charge in [0, 0.05) is 5.56 Å². The van der Waals surface area contributed by atoms with E-state index in [1.807, 2.05) is 12.1 Å². The van der Waals surface area contributed by atoms with E-state index >= 15 is 0 Å². The minimum Gasteiger partial charge on any atom is -0.289 e. The molecule has 1 aliphatic carbocycles. The van der Waals surface area contributed by atoms with Gasteiger partial charge in [0.05, 0.1) is 0 Å². The van der Waals surface area contributed by atoms with Crippen LogP contribution in [0.1, 0.15) is 47.5 Å². The summed E-state index contributed by atoms with van der Waals surface area (Å²) in [4.78, 5) is 11.3. The van der Waals surface area contributed by atoms with Gasteiger partial charge >= 0.3 is 0 Å². The van der Waals surface area contributed by atoms with Crippen LogP contribution in [0, 0.1) is 0 Å². The van der Waals surface area contributed by atoms with Crippen molar-refractivity contribution in [3.63, 3.8) is 0 Å². The predicted molar refractivity (Wildman–Crippen MR) is 62.2 cm³/mol. The minimum atomic E-state index is 0.00738. The zero-order chi connectivity index (χ0) is 10.7. The van der Waals surface area contributed by atoms with Gasteiger partial charge in [0.1, 0.15) is 0 Å². The van der Waals surface area contributed by atoms with Crippen LogP contribution in [0.3, 0.4) is 0 Å². The topological polar surface area (TPSA) is 17.1 Å². The zero-order valence-corrected chi connectivity index (χ0v) is 8.91. The van der Waals surface area contributed by atoms with Crippen molar-refractivity contribution in [1.82, 2.24) is 0 Å². The first-order chi connectivity index (χ1) is 7.31. The van der Waals surface area contributed by atoms with Gasteiger partial charge in [0.2, 0.25) is 0 Å². The van der Waals surface area contributed by atoms with Gasteiger partial charge in [-0.25, -0.2) is 0 Å². The van der Waals surface area contributed by atoms with Crippen molar-refractivity contribution in [2.75, 3.05) is 0 Å². The number of allylic oxidation sites excluding steroid dienone is 1. The standard InChI is InChI=1S/C14H16O/c1-2-14(15)13-9-7-12(8-10-13)11-5-3-4-6-11/h2,7-11H,1,3-6H2. The molecule has 0 atom stereocenters. The fraction of sp³-hybridized carbons (Fsp3) is 0.357. The molecule has 1 nitrogen and oxygen atoms in total. The molecule has 0 bridgehead atoms. The van der Waals surface area contributed by atoms with Gasteiger partial charge in [-0.05, 0) is 30.4 Å². The molecule has 0 spiro atoms. The molecule has 0 amide bonds. The lowest BCUT2D eigenvalue weighted by Crippen LogP contribution is -1.96. The lowest BCUT2D eigenvalue weighted by atomic mass is 9.96. The van der Waals surface area contributed by atoms with Crippen LogP contribution in [0.2, 0.25) is 0 Å². The summed E-state index contributed by atoms with van der Waals surface area (Å²) in [5, 5.41) is 0. The molecule has 0 aromatic heterocycles. The van der Waals surface area contributed by atoms with Gasteiger partial charge in [-0.15, -0.1) is 0 Å². The van der Waals surface area contributed by atoms with E-state index in [0.29, 0.717) is 0 Å². The first kappa shape index (κ1) is 10.2. The third-order valence-electron chi connectivity index (χ3n) is 3.21. The molecule has 15 heavy (non-hydrogen) atoms. The molecule has 78 valence electrons. The van der Waals surface area contributed by atoms with Gasteiger partial charge in [-0.3, -0.25) is 4.79 Å². The van der Waals surface area contributed by atoms with Crippen molar-refractivity contribution in [1.29, 1.82) is 0 Å². The second-order valence-corrected chi connectivity index (χ2v) is 4.17. The summed E-state index contributed by atoms with van der Waals surface area (Å²) >= 11 is 0. The molecule has 1 heteroatoms. The Morgan fingerprint density at radius 2 is 1.80 bits per heavy atom. The largest absolute Gasteiger partial charge is 0.289 e. The van der Waals surface area contributed by atoms with E-state index in [1.54, 1.807) is 0 Å². The van der Waals surface area contributed by atoms with E-state index < -0.39 is 0 Å². The number of ketones is 1. The van der Waals surface area contributed by atoms with Crippen molar-refractivity contribution >= 4 is 5.78 Å². The van der Waals surface area contributed by atoms with Crippen molar-refractivity contribution in [2.24, 2.45) is 0 Å². The summed E-state index contributed by atoms with van der Waals surface area (Å²) in [5.41, 5.74) is 2.12. The SMILES string of the molecule is C=CC(=O)c1ccc(C2CCCC2)cc1. The lowest BCUT2D eigenvalue weighted by molar-refractivity contribution is 0.104. The van der Waals surface area contributed by atoms with E-state index in [1.165, 1.54) is 37.3 Å². The van der Waals surface area contributed by atoms with Crippen LogP contribution in [-0.4, -0.2) is 5.78 Å². The fourth-order valence-electron chi connectivity index (χ4n) is 2.30. The molecule has 0 N–H and O–H groups in total. The van der Waals surface area contributed by atoms with Crippen LogP contribution in [0.25, 0.3) is 0 Å². The average Bonchev–Trinajstić information content (AvgIpc) is 2.82. The highest BCUT2D eigenvalue weighted by molar-refractivity contribution is 6.04. The van der Waals surface area contributed by atoms with Crippen LogP contribution < -0.4 is 0 Å². The van der Waals surface area contributed by atoms with Crippen molar-refractivity contribution in [3.8, 4) is 0 Å². The van der Waals surface area contributed by atoms with Crippen molar-refractivity contribution < 1.29 is 4.79 Å². The molecule has 1 aromatic carbocycles. The van der Waals surface area contributed by atoms with Crippen LogP contribution in [0.5, 0.6) is 0 Å². The third-order valence-corrected chi connectivity index (χ3v) is 3.21. The first-order valence-electron chi connectivity index (χ1n) is 5.58. The summed E-state index contributed by atoms with van der Waals surface area (Å²) in [7, 11) is 0. The van der Waals surface area contributed by atoms with Crippen LogP contribution in [-0.2, 0) is 0 Å². The molecule has 0 heterocycles. The van der Waals surface area contributed by atoms with E-state index in [-0.39, 0.29) is 5.78 Å². The van der Waals surface area contributed by atoms with Gasteiger partial charge in [0.15, 0.2) is 5.78 Å². The third kappa shape index (κ3) is 2.17. The second kappa shape index (κ2) is 4.43. The van der Waals surface area contributed by atoms with Crippen LogP contribution >= 0.6 is 0 Å². The van der Waals surface area contributed by atoms with Crippen molar-refractivity contribution in [2.45, 2.75) is 31.6 Å². The fourth-order valence-corrected chi connectivity index (χ4v) is 2.30. The van der Waals surface area contributed by atoms with Crippen molar-refractivity contribution in [3.05, 3.63) is 48.0 Å². The van der Waals surface area contributed by atoms with Gasteiger partial charge in [0.25, 0.3) is 0 Å². The molecule has 0 aliphatic heterocycles. The maximum absolute atomic E-state index is 11.3. The Hall–Kier alpha value is -1.37. The second-order valence-electron chi connectivity index (χ2n) is 4.17. The number of rotatable bonds is 3. The summed E-state index contributed by atoms with van der Waals surface area (Å²) in [6.45, 7) is 3.49. The summed E-state index contributed by atoms with van der Waals surface area (Å²) in [6.07, 6.45) is 6.66. The molecule has 0 radical (unpaired) electrons. The molecular formula is C14H16O. The average molecular weight is 200 g/mol. The van der Waals surface area contributed by atoms with Gasteiger partial charge in [-0.1, -0.05) is 43.7 Å². The number of hydrogen-bond acceptors (Lipinski definition) is 1. The molecular weight excluding hydrogens is 184 g/mol. The monoisotopic (exact) mass is 200 g/mol. The molecule has 0 saturated heterocycles. The number of benzene rings is 1. The molecule has 1 fully saturated rings. The van der Waals surface area contributed by atoms with E-state index in [2.05, 4.69) is 18.7 Å². The zero-order valence-electron chi connectivity index (χ0n) is 8.91. The quantitative estimate of drug-likeness (QED) is 0.537. The van der Waals surface area contributed by atoms with Crippen LogP contribution in [0.4, 0.5) is 0 Å². The molecule has 1 saturated carbocycles. The maximum atomic E-state index is 11.3. The molecule has 1 aliphatic rings. The highest BCUT2D eigenvalue weighted by Crippen LogP contribution is 2.33. The Bertz CT molecular complexity index is 355. The van der Waals surface area contributed by atoms with Gasteiger partial charge in [-0.2, -0.15) is 0 Å². The smallest absolute Gasteiger partial charge is 0.185 e. The van der Waals surface area contributed by atoms with Crippen LogP contribution in [0.15, 0.2) is 36.9 Å². The molecule has 1 aromatic rings. The summed E-state index contributed by atoms with van der Waals surface area (Å²) in [5.74, 6) is 0.728. The van der Waals surface area contributed by atoms with Gasteiger partial charge < -0.3 is 0 Å². The number of carbonyl (C=O) groups is 1. The first-order valence-corrected chi connectivity index (χ1v) is 5.58. The number of carbonyl (C=O) groups excluding carboxylic acids is 1. The maximum Gasteiger partial charge on any atom is 0.185 e. The predicted octanol–water partition coefficient (Wildman–Crippen LogP) is 3.71. The number of hydrogen-bond donors (Lipinski definition) is 0. The summed E-state index contributed by atoms with van der Waals surface area (Å²) < 4.78 is 0. The normalized spacial score (nSPS) is 16.5. The molecule has 0 unspecified atom stereocenters. The highest BCUT2D eigenvalue weighted by Gasteiger charge is 2.16. The lowest BCUT2D eigenvalue weighted by Gasteiger charge is -2.09. The minimum absolute atomic E-state index is 0.00738. The summed E-state index contributed by atoms with van der Waals surface area (Å²) in [6, 6.07) is 8.01.